The van der Waals surface area contributed by atoms with Gasteiger partial charge in [0.05, 0.1) is 11.3 Å². The molecule has 0 bridgehead atoms. The number of sulfonamides is 1. The minimum absolute atomic E-state index is 0.0430. The van der Waals surface area contributed by atoms with E-state index in [0.717, 1.165) is 24.2 Å². The number of amides is 2. The van der Waals surface area contributed by atoms with Gasteiger partial charge in [0.25, 0.3) is 0 Å². The lowest BCUT2D eigenvalue weighted by Crippen LogP contribution is -2.40. The Bertz CT molecular complexity index is 1540. The third-order valence-corrected chi connectivity index (χ3v) is 8.13. The summed E-state index contributed by atoms with van der Waals surface area (Å²) in [5.41, 5.74) is 3.27. The number of benzene rings is 3. The van der Waals surface area contributed by atoms with E-state index in [-0.39, 0.29) is 29.1 Å². The quantitative estimate of drug-likeness (QED) is 0.154. The van der Waals surface area contributed by atoms with Crippen LogP contribution in [0, 0.1) is 5.41 Å². The van der Waals surface area contributed by atoms with Crippen LogP contribution in [0.3, 0.4) is 0 Å². The molecule has 1 atom stereocenters. The molecule has 10 nitrogen and oxygen atoms in total. The summed E-state index contributed by atoms with van der Waals surface area (Å²) in [6, 6.07) is 20.8. The first-order valence-corrected chi connectivity index (χ1v) is 15.8. The number of nitrogens with one attached hydrogen (secondary N) is 2. The number of hydrogen-bond donors (Lipinski definition) is 3. The van der Waals surface area contributed by atoms with Crippen LogP contribution in [0.2, 0.25) is 0 Å². The highest BCUT2D eigenvalue weighted by Crippen LogP contribution is 2.27. The van der Waals surface area contributed by atoms with Gasteiger partial charge in [-0.05, 0) is 62.7 Å². The van der Waals surface area contributed by atoms with Gasteiger partial charge in [-0.15, -0.1) is 0 Å². The third-order valence-electron chi connectivity index (χ3n) is 7.16. The van der Waals surface area contributed by atoms with E-state index in [9.17, 15) is 18.0 Å². The van der Waals surface area contributed by atoms with Crippen LogP contribution in [0.25, 0.3) is 11.1 Å². The molecule has 2 amide bonds. The molecule has 0 saturated carbocycles. The molecule has 1 unspecified atom stereocenters. The summed E-state index contributed by atoms with van der Waals surface area (Å²) in [5.74, 6) is -0.176. The van der Waals surface area contributed by atoms with E-state index in [4.69, 9.17) is 15.3 Å². The van der Waals surface area contributed by atoms with Crippen molar-refractivity contribution in [2.75, 3.05) is 13.1 Å². The molecule has 230 valence electrons. The summed E-state index contributed by atoms with van der Waals surface area (Å²) in [5, 5.41) is 16.3. The predicted molar refractivity (Wildman–Crippen MR) is 168 cm³/mol. The summed E-state index contributed by atoms with van der Waals surface area (Å²) in [7, 11) is -3.89. The zero-order chi connectivity index (χ0) is 31.7. The molecule has 0 saturated heterocycles. The fourth-order valence-electron chi connectivity index (χ4n) is 4.78. The highest BCUT2D eigenvalue weighted by molar-refractivity contribution is 7.89. The minimum Gasteiger partial charge on any atom is -0.430 e. The Morgan fingerprint density at radius 2 is 1.58 bits per heavy atom. The van der Waals surface area contributed by atoms with Gasteiger partial charge in [0.2, 0.25) is 15.9 Å². The molecule has 0 heterocycles. The fourth-order valence-corrected chi connectivity index (χ4v) is 5.54. The van der Waals surface area contributed by atoms with Crippen molar-refractivity contribution in [1.29, 1.82) is 5.41 Å². The second-order valence-electron chi connectivity index (χ2n) is 10.5. The zero-order valence-electron chi connectivity index (χ0n) is 25.3. The van der Waals surface area contributed by atoms with Crippen molar-refractivity contribution in [1.82, 2.24) is 15.1 Å². The summed E-state index contributed by atoms with van der Waals surface area (Å²) in [6.07, 6.45) is -0.968. The maximum Gasteiger partial charge on any atom is 0.414 e. The number of amidine groups is 1. The Morgan fingerprint density at radius 1 is 0.930 bits per heavy atom. The number of primary sulfonamides is 1. The maximum absolute atomic E-state index is 13.4. The molecule has 0 aliphatic carbocycles. The molecule has 43 heavy (non-hydrogen) atoms. The van der Waals surface area contributed by atoms with E-state index in [1.165, 1.54) is 6.07 Å². The summed E-state index contributed by atoms with van der Waals surface area (Å²) >= 11 is 0. The molecule has 3 aromatic rings. The van der Waals surface area contributed by atoms with Gasteiger partial charge in [-0.25, -0.2) is 18.4 Å². The molecule has 0 radical (unpaired) electrons. The first-order valence-electron chi connectivity index (χ1n) is 14.2. The molecule has 0 spiro atoms. The smallest absolute Gasteiger partial charge is 0.414 e. The van der Waals surface area contributed by atoms with E-state index in [0.29, 0.717) is 23.2 Å². The number of alkyl carbamates (subject to hydrolysis) is 1. The molecule has 0 aliphatic heterocycles. The SMILES string of the molecule is CCN(CC)C(C)OC(=O)NC(=N)c1cccc(CN(C(=O)Cc2ccc(-c3ccccc3S(N)(=O)=O)cc2)C(C)C)c1. The molecule has 0 fully saturated rings. The van der Waals surface area contributed by atoms with Crippen LogP contribution in [0.5, 0.6) is 0 Å². The summed E-state index contributed by atoms with van der Waals surface area (Å²) < 4.78 is 29.4. The van der Waals surface area contributed by atoms with Gasteiger partial charge in [0, 0.05) is 23.7 Å². The van der Waals surface area contributed by atoms with Crippen LogP contribution in [0.1, 0.15) is 51.3 Å². The molecule has 0 aromatic heterocycles. The predicted octanol–water partition coefficient (Wildman–Crippen LogP) is 4.72. The van der Waals surface area contributed by atoms with Crippen LogP contribution in [-0.4, -0.2) is 61.4 Å². The first kappa shape index (κ1) is 33.4. The van der Waals surface area contributed by atoms with Gasteiger partial charge in [-0.3, -0.25) is 20.4 Å². The standard InChI is InChI=1S/C32H41N5O5S/c1-6-36(7-2)23(5)42-32(39)35-31(33)27-12-10-11-25(19-27)21-37(22(3)4)30(38)20-24-15-17-26(18-16-24)28-13-8-9-14-29(28)43(34,40)41/h8-19,22-23H,6-7,20-21H2,1-5H3,(H2,33,35,39)(H2,34,40,41). The number of ether oxygens (including phenoxy) is 1. The van der Waals surface area contributed by atoms with Crippen molar-refractivity contribution >= 4 is 27.9 Å². The summed E-state index contributed by atoms with van der Waals surface area (Å²) in [6.45, 7) is 11.4. The average molecular weight is 608 g/mol. The van der Waals surface area contributed by atoms with E-state index >= 15 is 0 Å². The van der Waals surface area contributed by atoms with E-state index in [1.807, 2.05) is 38.7 Å². The van der Waals surface area contributed by atoms with E-state index < -0.39 is 22.3 Å². The normalized spacial score (nSPS) is 12.2. The van der Waals surface area contributed by atoms with Crippen molar-refractivity contribution < 1.29 is 22.7 Å². The molecular weight excluding hydrogens is 566 g/mol. The lowest BCUT2D eigenvalue weighted by atomic mass is 10.0. The Balaban J connectivity index is 1.68. The Hall–Kier alpha value is -4.06. The Labute approximate surface area is 254 Å². The molecule has 3 aromatic carbocycles. The van der Waals surface area contributed by atoms with Crippen LogP contribution >= 0.6 is 0 Å². The molecule has 4 N–H and O–H groups in total. The fraction of sp³-hybridized carbons (Fsp3) is 0.344. The Kier molecular flexibility index (Phi) is 11.6. The zero-order valence-corrected chi connectivity index (χ0v) is 26.1. The van der Waals surface area contributed by atoms with Crippen molar-refractivity contribution in [2.24, 2.45) is 5.14 Å². The molecule has 3 rings (SSSR count). The molecule has 11 heteroatoms. The number of nitrogens with zero attached hydrogens (tertiary/aromatic N) is 2. The van der Waals surface area contributed by atoms with Crippen molar-refractivity contribution in [3.8, 4) is 11.1 Å². The van der Waals surface area contributed by atoms with Crippen LogP contribution in [0.15, 0.2) is 77.7 Å². The lowest BCUT2D eigenvalue weighted by molar-refractivity contribution is -0.132. The van der Waals surface area contributed by atoms with Gasteiger partial charge < -0.3 is 9.64 Å². The second-order valence-corrected chi connectivity index (χ2v) is 12.0. The largest absolute Gasteiger partial charge is 0.430 e. The lowest BCUT2D eigenvalue weighted by Gasteiger charge is -2.27. The van der Waals surface area contributed by atoms with Crippen LogP contribution in [0.4, 0.5) is 4.79 Å². The number of nitrogens with two attached hydrogens (primary N) is 1. The van der Waals surface area contributed by atoms with Crippen LogP contribution < -0.4 is 10.5 Å². The van der Waals surface area contributed by atoms with Crippen molar-refractivity contribution in [3.63, 3.8) is 0 Å². The molecule has 0 aliphatic rings. The van der Waals surface area contributed by atoms with Gasteiger partial charge in [0.1, 0.15) is 5.84 Å². The van der Waals surface area contributed by atoms with E-state index in [1.54, 1.807) is 72.5 Å². The molecular formula is C32H41N5O5S. The van der Waals surface area contributed by atoms with Gasteiger partial charge in [-0.1, -0.05) is 74.5 Å². The van der Waals surface area contributed by atoms with Gasteiger partial charge in [0.15, 0.2) is 6.23 Å². The van der Waals surface area contributed by atoms with Gasteiger partial charge in [-0.2, -0.15) is 0 Å². The maximum atomic E-state index is 13.4. The van der Waals surface area contributed by atoms with Crippen LogP contribution in [-0.2, 0) is 32.5 Å². The number of hydrogen-bond acceptors (Lipinski definition) is 7. The monoisotopic (exact) mass is 607 g/mol. The van der Waals surface area contributed by atoms with Crippen molar-refractivity contribution in [2.45, 2.75) is 64.7 Å². The first-order chi connectivity index (χ1) is 20.3. The average Bonchev–Trinajstić information content (AvgIpc) is 2.96. The summed E-state index contributed by atoms with van der Waals surface area (Å²) in [4.78, 5) is 29.5. The number of carbonyl (C=O) groups excluding carboxylic acids is 2. The number of carbonyl (C=O) groups is 2. The van der Waals surface area contributed by atoms with E-state index in [2.05, 4.69) is 5.32 Å². The van der Waals surface area contributed by atoms with Crippen molar-refractivity contribution in [3.05, 3.63) is 89.5 Å². The minimum atomic E-state index is -3.89. The highest BCUT2D eigenvalue weighted by atomic mass is 32.2. The highest BCUT2D eigenvalue weighted by Gasteiger charge is 2.20. The number of rotatable bonds is 12. The second kappa shape index (κ2) is 14.9. The topological polar surface area (TPSA) is 146 Å². The van der Waals surface area contributed by atoms with Gasteiger partial charge >= 0.3 is 6.09 Å². The Morgan fingerprint density at radius 3 is 2.19 bits per heavy atom. The third kappa shape index (κ3) is 9.21.